The predicted octanol–water partition coefficient (Wildman–Crippen LogP) is 3.69. The summed E-state index contributed by atoms with van der Waals surface area (Å²) in [7, 11) is 0. The molecular weight excluding hydrogens is 282 g/mol. The van der Waals surface area contributed by atoms with E-state index < -0.39 is 0 Å². The van der Waals surface area contributed by atoms with Gasteiger partial charge in [-0.1, -0.05) is 24.3 Å². The molecule has 0 aliphatic carbocycles. The molecule has 21 heavy (non-hydrogen) atoms. The highest BCUT2D eigenvalue weighted by atomic mass is 32.1. The maximum atomic E-state index is 5.68. The SMILES string of the molecule is C[C@H](NCCc1nnc(-c2ccccc2)o1)c1cccs1. The topological polar surface area (TPSA) is 51.0 Å². The summed E-state index contributed by atoms with van der Waals surface area (Å²) in [5, 5.41) is 13.7. The van der Waals surface area contributed by atoms with Gasteiger partial charge in [0.25, 0.3) is 0 Å². The zero-order chi connectivity index (χ0) is 14.5. The van der Waals surface area contributed by atoms with E-state index in [0.29, 0.717) is 17.8 Å². The van der Waals surface area contributed by atoms with Gasteiger partial charge in [0.1, 0.15) is 0 Å². The summed E-state index contributed by atoms with van der Waals surface area (Å²) in [5.74, 6) is 1.25. The Balaban J connectivity index is 1.54. The third-order valence-electron chi connectivity index (χ3n) is 3.25. The minimum absolute atomic E-state index is 0.349. The van der Waals surface area contributed by atoms with E-state index in [-0.39, 0.29) is 0 Å². The van der Waals surface area contributed by atoms with Crippen LogP contribution in [0.2, 0.25) is 0 Å². The van der Waals surface area contributed by atoms with Crippen LogP contribution >= 0.6 is 11.3 Å². The molecule has 108 valence electrons. The van der Waals surface area contributed by atoms with Gasteiger partial charge in [-0.2, -0.15) is 0 Å². The van der Waals surface area contributed by atoms with Crippen molar-refractivity contribution >= 4 is 11.3 Å². The molecule has 5 heteroatoms. The van der Waals surface area contributed by atoms with Crippen LogP contribution < -0.4 is 5.32 Å². The van der Waals surface area contributed by atoms with E-state index in [1.54, 1.807) is 11.3 Å². The zero-order valence-electron chi connectivity index (χ0n) is 11.8. The molecule has 3 aromatic rings. The Labute approximate surface area is 127 Å². The number of hydrogen-bond donors (Lipinski definition) is 1. The van der Waals surface area contributed by atoms with Crippen molar-refractivity contribution < 1.29 is 4.42 Å². The smallest absolute Gasteiger partial charge is 0.247 e. The maximum absolute atomic E-state index is 5.68. The van der Waals surface area contributed by atoms with Crippen LogP contribution in [-0.2, 0) is 6.42 Å². The van der Waals surface area contributed by atoms with Crippen molar-refractivity contribution in [2.75, 3.05) is 6.54 Å². The molecule has 4 nitrogen and oxygen atoms in total. The van der Waals surface area contributed by atoms with Crippen LogP contribution in [0.3, 0.4) is 0 Å². The number of benzene rings is 1. The summed E-state index contributed by atoms with van der Waals surface area (Å²) in [6, 6.07) is 14.4. The molecule has 0 spiro atoms. The predicted molar refractivity (Wildman–Crippen MR) is 84.2 cm³/mol. The average Bonchev–Trinajstić information content (AvgIpc) is 3.20. The minimum atomic E-state index is 0.349. The molecule has 2 aromatic heterocycles. The molecule has 1 N–H and O–H groups in total. The van der Waals surface area contributed by atoms with E-state index in [0.717, 1.165) is 18.5 Å². The quantitative estimate of drug-likeness (QED) is 0.754. The van der Waals surface area contributed by atoms with Gasteiger partial charge < -0.3 is 9.73 Å². The average molecular weight is 299 g/mol. The fourth-order valence-corrected chi connectivity index (χ4v) is 2.84. The molecule has 0 amide bonds. The van der Waals surface area contributed by atoms with Crippen LogP contribution in [0.5, 0.6) is 0 Å². The van der Waals surface area contributed by atoms with Crippen LogP contribution in [0.25, 0.3) is 11.5 Å². The molecule has 0 unspecified atom stereocenters. The number of nitrogens with zero attached hydrogens (tertiary/aromatic N) is 2. The monoisotopic (exact) mass is 299 g/mol. The Morgan fingerprint density at radius 1 is 1.14 bits per heavy atom. The van der Waals surface area contributed by atoms with Crippen molar-refractivity contribution in [2.45, 2.75) is 19.4 Å². The van der Waals surface area contributed by atoms with E-state index in [1.165, 1.54) is 4.88 Å². The lowest BCUT2D eigenvalue weighted by Crippen LogP contribution is -2.20. The van der Waals surface area contributed by atoms with E-state index in [9.17, 15) is 0 Å². The minimum Gasteiger partial charge on any atom is -0.421 e. The van der Waals surface area contributed by atoms with Crippen molar-refractivity contribution in [3.63, 3.8) is 0 Å². The van der Waals surface area contributed by atoms with Crippen LogP contribution in [0.4, 0.5) is 0 Å². The molecule has 1 aromatic carbocycles. The normalized spacial score (nSPS) is 12.4. The van der Waals surface area contributed by atoms with E-state index in [2.05, 4.69) is 40.0 Å². The lowest BCUT2D eigenvalue weighted by molar-refractivity contribution is 0.483. The molecule has 0 saturated carbocycles. The summed E-state index contributed by atoms with van der Waals surface area (Å²) in [4.78, 5) is 1.34. The number of hydrogen-bond acceptors (Lipinski definition) is 5. The third kappa shape index (κ3) is 3.56. The lowest BCUT2D eigenvalue weighted by Gasteiger charge is -2.10. The number of aromatic nitrogens is 2. The molecule has 0 aliphatic heterocycles. The highest BCUT2D eigenvalue weighted by molar-refractivity contribution is 7.10. The summed E-state index contributed by atoms with van der Waals surface area (Å²) < 4.78 is 5.68. The van der Waals surface area contributed by atoms with Gasteiger partial charge in [0.15, 0.2) is 0 Å². The van der Waals surface area contributed by atoms with Gasteiger partial charge in [0.05, 0.1) is 0 Å². The van der Waals surface area contributed by atoms with Crippen molar-refractivity contribution in [1.82, 2.24) is 15.5 Å². The third-order valence-corrected chi connectivity index (χ3v) is 4.30. The molecule has 0 aliphatic rings. The fourth-order valence-electron chi connectivity index (χ4n) is 2.09. The van der Waals surface area contributed by atoms with Crippen LogP contribution in [-0.4, -0.2) is 16.7 Å². The summed E-state index contributed by atoms with van der Waals surface area (Å²) >= 11 is 1.76. The first-order valence-electron chi connectivity index (χ1n) is 6.97. The molecule has 0 radical (unpaired) electrons. The van der Waals surface area contributed by atoms with E-state index >= 15 is 0 Å². The number of nitrogens with one attached hydrogen (secondary N) is 1. The molecule has 2 heterocycles. The summed E-state index contributed by atoms with van der Waals surface area (Å²) in [6.45, 7) is 2.98. The van der Waals surface area contributed by atoms with Gasteiger partial charge >= 0.3 is 0 Å². The first-order valence-corrected chi connectivity index (χ1v) is 7.85. The molecule has 1 atom stereocenters. The Kier molecular flexibility index (Phi) is 4.43. The van der Waals surface area contributed by atoms with Gasteiger partial charge in [-0.15, -0.1) is 21.5 Å². The molecule has 0 fully saturated rings. The van der Waals surface area contributed by atoms with E-state index in [4.69, 9.17) is 4.42 Å². The standard InChI is InChI=1S/C16H17N3OS/c1-12(14-8-5-11-21-14)17-10-9-15-18-19-16(20-15)13-6-3-2-4-7-13/h2-8,11-12,17H,9-10H2,1H3/t12-/m0/s1. The largest absolute Gasteiger partial charge is 0.421 e. The lowest BCUT2D eigenvalue weighted by atomic mass is 10.2. The van der Waals surface area contributed by atoms with Crippen molar-refractivity contribution in [3.8, 4) is 11.5 Å². The van der Waals surface area contributed by atoms with Gasteiger partial charge in [-0.25, -0.2) is 0 Å². The Morgan fingerprint density at radius 3 is 2.76 bits per heavy atom. The fraction of sp³-hybridized carbons (Fsp3) is 0.250. The van der Waals surface area contributed by atoms with Gasteiger partial charge in [-0.3, -0.25) is 0 Å². The second-order valence-corrected chi connectivity index (χ2v) is 5.79. The van der Waals surface area contributed by atoms with Crippen LogP contribution in [0.1, 0.15) is 23.7 Å². The summed E-state index contributed by atoms with van der Waals surface area (Å²) in [6.07, 6.45) is 0.732. The number of thiophene rings is 1. The highest BCUT2D eigenvalue weighted by Crippen LogP contribution is 2.19. The molecule has 0 bridgehead atoms. The van der Waals surface area contributed by atoms with Gasteiger partial charge in [0.2, 0.25) is 11.8 Å². The number of rotatable bonds is 6. The van der Waals surface area contributed by atoms with Crippen LogP contribution in [0.15, 0.2) is 52.3 Å². The molecule has 3 rings (SSSR count). The summed E-state index contributed by atoms with van der Waals surface area (Å²) in [5.41, 5.74) is 0.955. The molecular formula is C16H17N3OS. The maximum Gasteiger partial charge on any atom is 0.247 e. The second kappa shape index (κ2) is 6.65. The van der Waals surface area contributed by atoms with Crippen molar-refractivity contribution in [1.29, 1.82) is 0 Å². The van der Waals surface area contributed by atoms with Crippen LogP contribution in [0, 0.1) is 0 Å². The Hall–Kier alpha value is -1.98. The second-order valence-electron chi connectivity index (χ2n) is 4.81. The highest BCUT2D eigenvalue weighted by Gasteiger charge is 2.09. The first kappa shape index (κ1) is 14.0. The first-order chi connectivity index (χ1) is 10.3. The van der Waals surface area contributed by atoms with E-state index in [1.807, 2.05) is 30.3 Å². The van der Waals surface area contributed by atoms with Gasteiger partial charge in [-0.05, 0) is 30.5 Å². The van der Waals surface area contributed by atoms with Crippen molar-refractivity contribution in [3.05, 3.63) is 58.6 Å². The Morgan fingerprint density at radius 2 is 2.00 bits per heavy atom. The van der Waals surface area contributed by atoms with Crippen molar-refractivity contribution in [2.24, 2.45) is 0 Å². The zero-order valence-corrected chi connectivity index (χ0v) is 12.6. The van der Waals surface area contributed by atoms with Gasteiger partial charge in [0, 0.05) is 29.4 Å². The molecule has 0 saturated heterocycles. The Bertz CT molecular complexity index is 664.